The number of carbonyl (C=O) groups excluding carboxylic acids is 2. The van der Waals surface area contributed by atoms with Crippen LogP contribution in [0.3, 0.4) is 0 Å². The maximum atomic E-state index is 12.4. The number of nitrogens with zero attached hydrogens (tertiary/aromatic N) is 2. The van der Waals surface area contributed by atoms with Crippen molar-refractivity contribution in [3.05, 3.63) is 0 Å². The van der Waals surface area contributed by atoms with Crippen molar-refractivity contribution in [1.82, 2.24) is 9.80 Å². The number of unbranched alkanes of at least 4 members (excludes halogenated alkanes) is 18. The van der Waals surface area contributed by atoms with Gasteiger partial charge in [0.1, 0.15) is 0 Å². The van der Waals surface area contributed by atoms with Gasteiger partial charge in [0.05, 0.1) is 0 Å². The summed E-state index contributed by atoms with van der Waals surface area (Å²) in [6, 6.07) is 0. The summed E-state index contributed by atoms with van der Waals surface area (Å²) in [6.07, 6.45) is 31.3. The molecule has 252 valence electrons. The first-order valence-corrected chi connectivity index (χ1v) is 19.1. The third kappa shape index (κ3) is 30.4. The van der Waals surface area contributed by atoms with Crippen molar-refractivity contribution in [2.75, 3.05) is 26.2 Å². The van der Waals surface area contributed by atoms with Gasteiger partial charge in [-0.1, -0.05) is 157 Å². The summed E-state index contributed by atoms with van der Waals surface area (Å²) in [4.78, 5) is 29.0. The van der Waals surface area contributed by atoms with Crippen molar-refractivity contribution in [3.63, 3.8) is 0 Å². The summed E-state index contributed by atoms with van der Waals surface area (Å²) in [5, 5.41) is 0. The standard InChI is InChI=1S/C20H41NO.C18H37NO/c1-4-7-10-11-12-13-14-17-20(22)21(18-15-8-5-2)19-16-9-6-3;1-4-7-10-11-12-15-18(20)19(16-13-8-5-2)17-14-9-6-3/h4-19H2,1-3H3;4-17H2,1-3H3. The van der Waals surface area contributed by atoms with Gasteiger partial charge in [-0.25, -0.2) is 0 Å². The SMILES string of the molecule is CCCCCCCC(=O)N(CCCCC)CCCCC.CCCCCCCCCC(=O)N(CCCCC)CCCCC. The average Bonchev–Trinajstić information content (AvgIpc) is 2.99. The molecule has 0 fully saturated rings. The van der Waals surface area contributed by atoms with E-state index in [0.717, 1.165) is 51.9 Å². The Labute approximate surface area is 265 Å². The van der Waals surface area contributed by atoms with Crippen LogP contribution in [-0.4, -0.2) is 47.8 Å². The van der Waals surface area contributed by atoms with Gasteiger partial charge in [-0.05, 0) is 38.5 Å². The van der Waals surface area contributed by atoms with Crippen LogP contribution in [-0.2, 0) is 9.59 Å². The van der Waals surface area contributed by atoms with Crippen LogP contribution in [0.1, 0.15) is 208 Å². The summed E-state index contributed by atoms with van der Waals surface area (Å²) >= 11 is 0. The van der Waals surface area contributed by atoms with Crippen molar-refractivity contribution < 1.29 is 9.59 Å². The zero-order valence-electron chi connectivity index (χ0n) is 29.9. The van der Waals surface area contributed by atoms with Crippen LogP contribution >= 0.6 is 0 Å². The van der Waals surface area contributed by atoms with Gasteiger partial charge in [-0.3, -0.25) is 9.59 Å². The van der Waals surface area contributed by atoms with E-state index in [0.29, 0.717) is 11.8 Å². The topological polar surface area (TPSA) is 40.6 Å². The Bertz CT molecular complexity index is 531. The molecule has 0 N–H and O–H groups in total. The fourth-order valence-corrected chi connectivity index (χ4v) is 5.36. The average molecular weight is 595 g/mol. The van der Waals surface area contributed by atoms with Gasteiger partial charge in [0.2, 0.25) is 11.8 Å². The van der Waals surface area contributed by atoms with Crippen molar-refractivity contribution in [1.29, 1.82) is 0 Å². The van der Waals surface area contributed by atoms with E-state index in [1.165, 1.54) is 141 Å². The minimum atomic E-state index is 0.397. The van der Waals surface area contributed by atoms with Crippen molar-refractivity contribution in [2.45, 2.75) is 208 Å². The zero-order chi connectivity index (χ0) is 31.5. The van der Waals surface area contributed by atoms with E-state index in [2.05, 4.69) is 51.3 Å². The Morgan fingerprint density at radius 1 is 0.310 bits per heavy atom. The molecule has 0 spiro atoms. The van der Waals surface area contributed by atoms with Crippen LogP contribution in [0, 0.1) is 0 Å². The van der Waals surface area contributed by atoms with Crippen LogP contribution in [0.4, 0.5) is 0 Å². The second-order valence-electron chi connectivity index (χ2n) is 12.6. The molecule has 0 aliphatic heterocycles. The second-order valence-corrected chi connectivity index (χ2v) is 12.6. The molecule has 4 nitrogen and oxygen atoms in total. The van der Waals surface area contributed by atoms with Gasteiger partial charge in [0.25, 0.3) is 0 Å². The summed E-state index contributed by atoms with van der Waals surface area (Å²) in [6.45, 7) is 17.3. The Hall–Kier alpha value is -1.06. The summed E-state index contributed by atoms with van der Waals surface area (Å²) in [5.74, 6) is 0.800. The van der Waals surface area contributed by atoms with Gasteiger partial charge in [-0.2, -0.15) is 0 Å². The van der Waals surface area contributed by atoms with Gasteiger partial charge < -0.3 is 9.80 Å². The van der Waals surface area contributed by atoms with Gasteiger partial charge in [0.15, 0.2) is 0 Å². The molecule has 0 unspecified atom stereocenters. The smallest absolute Gasteiger partial charge is 0.222 e. The van der Waals surface area contributed by atoms with Gasteiger partial charge in [-0.15, -0.1) is 0 Å². The quantitative estimate of drug-likeness (QED) is 0.0776. The predicted molar refractivity (Wildman–Crippen MR) is 187 cm³/mol. The summed E-state index contributed by atoms with van der Waals surface area (Å²) < 4.78 is 0. The molecule has 0 aromatic heterocycles. The maximum Gasteiger partial charge on any atom is 0.222 e. The van der Waals surface area contributed by atoms with E-state index in [-0.39, 0.29) is 0 Å². The van der Waals surface area contributed by atoms with Crippen LogP contribution in [0.2, 0.25) is 0 Å². The monoisotopic (exact) mass is 595 g/mol. The van der Waals surface area contributed by atoms with Crippen LogP contribution in [0.5, 0.6) is 0 Å². The maximum absolute atomic E-state index is 12.4. The molecule has 0 aliphatic rings. The van der Waals surface area contributed by atoms with Crippen molar-refractivity contribution in [3.8, 4) is 0 Å². The molecule has 0 bridgehead atoms. The molecular weight excluding hydrogens is 516 g/mol. The fraction of sp³-hybridized carbons (Fsp3) is 0.947. The number of rotatable bonds is 30. The number of amides is 2. The van der Waals surface area contributed by atoms with E-state index < -0.39 is 0 Å². The molecule has 4 heteroatoms. The van der Waals surface area contributed by atoms with E-state index in [1.807, 2.05) is 0 Å². The molecule has 42 heavy (non-hydrogen) atoms. The molecule has 0 radical (unpaired) electrons. The first-order chi connectivity index (χ1) is 20.5. The summed E-state index contributed by atoms with van der Waals surface area (Å²) in [5.41, 5.74) is 0. The van der Waals surface area contributed by atoms with Gasteiger partial charge >= 0.3 is 0 Å². The predicted octanol–water partition coefficient (Wildman–Crippen LogP) is 11.9. The highest BCUT2D eigenvalue weighted by molar-refractivity contribution is 5.76. The molecule has 2 amide bonds. The van der Waals surface area contributed by atoms with E-state index >= 15 is 0 Å². The molecule has 0 saturated heterocycles. The summed E-state index contributed by atoms with van der Waals surface area (Å²) in [7, 11) is 0. The van der Waals surface area contributed by atoms with E-state index in [1.54, 1.807) is 0 Å². The molecule has 0 saturated carbocycles. The lowest BCUT2D eigenvalue weighted by atomic mass is 10.1. The molecule has 0 rings (SSSR count). The number of carbonyl (C=O) groups is 2. The first kappa shape index (κ1) is 43.1. The van der Waals surface area contributed by atoms with Gasteiger partial charge in [0, 0.05) is 39.0 Å². The molecule has 0 atom stereocenters. The molecule has 0 aromatic rings. The van der Waals surface area contributed by atoms with Crippen LogP contribution in [0.15, 0.2) is 0 Å². The molecular formula is C38H78N2O2. The fourth-order valence-electron chi connectivity index (χ4n) is 5.36. The normalized spacial score (nSPS) is 10.8. The first-order valence-electron chi connectivity index (χ1n) is 19.1. The lowest BCUT2D eigenvalue weighted by molar-refractivity contribution is -0.132. The Kier molecular flexibility index (Phi) is 37.1. The number of hydrogen-bond donors (Lipinski definition) is 0. The van der Waals surface area contributed by atoms with Crippen molar-refractivity contribution in [2.24, 2.45) is 0 Å². The number of hydrogen-bond acceptors (Lipinski definition) is 2. The third-order valence-electron chi connectivity index (χ3n) is 8.32. The third-order valence-corrected chi connectivity index (χ3v) is 8.32. The minimum absolute atomic E-state index is 0.397. The van der Waals surface area contributed by atoms with E-state index in [4.69, 9.17) is 0 Å². The van der Waals surface area contributed by atoms with Crippen LogP contribution in [0.25, 0.3) is 0 Å². The Morgan fingerprint density at radius 2 is 0.524 bits per heavy atom. The Morgan fingerprint density at radius 3 is 0.786 bits per heavy atom. The lowest BCUT2D eigenvalue weighted by Gasteiger charge is -2.23. The molecule has 0 aromatic carbocycles. The van der Waals surface area contributed by atoms with E-state index in [9.17, 15) is 9.59 Å². The highest BCUT2D eigenvalue weighted by atomic mass is 16.2. The zero-order valence-corrected chi connectivity index (χ0v) is 29.9. The highest BCUT2D eigenvalue weighted by Crippen LogP contribution is 2.12. The minimum Gasteiger partial charge on any atom is -0.343 e. The van der Waals surface area contributed by atoms with Crippen molar-refractivity contribution >= 4 is 11.8 Å². The molecule has 0 heterocycles. The highest BCUT2D eigenvalue weighted by Gasteiger charge is 2.13. The largest absolute Gasteiger partial charge is 0.343 e. The lowest BCUT2D eigenvalue weighted by Crippen LogP contribution is -2.32. The van der Waals surface area contributed by atoms with Crippen LogP contribution < -0.4 is 0 Å². The second kappa shape index (κ2) is 36.1. The molecule has 0 aliphatic carbocycles. The Balaban J connectivity index is 0.